The highest BCUT2D eigenvalue weighted by molar-refractivity contribution is 4.74. The minimum atomic E-state index is 0.431. The second-order valence-electron chi connectivity index (χ2n) is 2.68. The van der Waals surface area contributed by atoms with E-state index < -0.39 is 0 Å². The van der Waals surface area contributed by atoms with Crippen LogP contribution in [-0.4, -0.2) is 19.3 Å². The summed E-state index contributed by atoms with van der Waals surface area (Å²) >= 11 is 0. The Morgan fingerprint density at radius 1 is 1.80 bits per heavy atom. The van der Waals surface area contributed by atoms with E-state index >= 15 is 0 Å². The van der Waals surface area contributed by atoms with Crippen molar-refractivity contribution < 1.29 is 9.47 Å². The summed E-state index contributed by atoms with van der Waals surface area (Å²) in [6.07, 6.45) is 2.90. The molecule has 0 amide bonds. The highest BCUT2D eigenvalue weighted by atomic mass is 16.5. The number of rotatable bonds is 4. The van der Waals surface area contributed by atoms with Crippen molar-refractivity contribution in [1.82, 2.24) is 0 Å². The van der Waals surface area contributed by atoms with Gasteiger partial charge in [0.25, 0.3) is 0 Å². The fraction of sp³-hybridized carbons (Fsp3) is 0.750. The van der Waals surface area contributed by atoms with Crippen molar-refractivity contribution in [2.75, 3.05) is 13.2 Å². The third kappa shape index (κ3) is 1.74. The molecule has 2 nitrogen and oxygen atoms in total. The van der Waals surface area contributed by atoms with Gasteiger partial charge >= 0.3 is 0 Å². The predicted octanol–water partition coefficient (Wildman–Crippen LogP) is 1.57. The average molecular weight is 142 g/mol. The van der Waals surface area contributed by atoms with Crippen LogP contribution in [0.4, 0.5) is 0 Å². The van der Waals surface area contributed by atoms with Crippen molar-refractivity contribution in [2.45, 2.75) is 19.4 Å². The first kappa shape index (κ1) is 7.61. The zero-order valence-corrected chi connectivity index (χ0v) is 6.38. The summed E-state index contributed by atoms with van der Waals surface area (Å²) in [5, 5.41) is 0. The average Bonchev–Trinajstić information content (AvgIpc) is 1.95. The molecule has 1 aliphatic rings. The van der Waals surface area contributed by atoms with Gasteiger partial charge in [-0.3, -0.25) is 0 Å². The summed E-state index contributed by atoms with van der Waals surface area (Å²) in [6, 6.07) is 0. The largest absolute Gasteiger partial charge is 0.502 e. The Hall–Kier alpha value is -0.500. The molecule has 1 rings (SSSR count). The molecule has 0 spiro atoms. The van der Waals surface area contributed by atoms with Gasteiger partial charge in [0.2, 0.25) is 0 Å². The third-order valence-corrected chi connectivity index (χ3v) is 1.85. The SMILES string of the molecule is C=COCCC1OCC1C. The lowest BCUT2D eigenvalue weighted by atomic mass is 9.98. The van der Waals surface area contributed by atoms with E-state index in [0.29, 0.717) is 12.0 Å². The molecule has 2 atom stereocenters. The Labute approximate surface area is 61.8 Å². The molecule has 0 bridgehead atoms. The molecule has 1 aliphatic heterocycles. The highest BCUT2D eigenvalue weighted by Crippen LogP contribution is 2.21. The fourth-order valence-electron chi connectivity index (χ4n) is 1.06. The van der Waals surface area contributed by atoms with E-state index in [0.717, 1.165) is 19.6 Å². The maximum absolute atomic E-state index is 5.28. The Kier molecular flexibility index (Phi) is 2.75. The molecule has 1 heterocycles. The van der Waals surface area contributed by atoms with Gasteiger partial charge in [0.05, 0.1) is 25.6 Å². The maximum atomic E-state index is 5.28. The van der Waals surface area contributed by atoms with Gasteiger partial charge in [-0.25, -0.2) is 0 Å². The van der Waals surface area contributed by atoms with Gasteiger partial charge in [-0.2, -0.15) is 0 Å². The van der Waals surface area contributed by atoms with E-state index in [4.69, 9.17) is 9.47 Å². The molecule has 1 fully saturated rings. The van der Waals surface area contributed by atoms with Crippen LogP contribution in [0.1, 0.15) is 13.3 Å². The molecule has 0 aliphatic carbocycles. The minimum Gasteiger partial charge on any atom is -0.502 e. The Morgan fingerprint density at radius 3 is 3.00 bits per heavy atom. The summed E-state index contributed by atoms with van der Waals surface area (Å²) in [5.41, 5.74) is 0. The van der Waals surface area contributed by atoms with Gasteiger partial charge in [0.1, 0.15) is 0 Å². The first-order valence-corrected chi connectivity index (χ1v) is 3.68. The van der Waals surface area contributed by atoms with Crippen LogP contribution in [0.25, 0.3) is 0 Å². The van der Waals surface area contributed by atoms with Crippen molar-refractivity contribution in [3.63, 3.8) is 0 Å². The predicted molar refractivity (Wildman–Crippen MR) is 39.7 cm³/mol. The zero-order chi connectivity index (χ0) is 7.40. The number of hydrogen-bond acceptors (Lipinski definition) is 2. The Morgan fingerprint density at radius 2 is 2.60 bits per heavy atom. The van der Waals surface area contributed by atoms with Crippen LogP contribution in [0.3, 0.4) is 0 Å². The Balaban J connectivity index is 1.97. The molecule has 2 unspecified atom stereocenters. The first-order valence-electron chi connectivity index (χ1n) is 3.68. The lowest BCUT2D eigenvalue weighted by Crippen LogP contribution is -2.38. The summed E-state index contributed by atoms with van der Waals surface area (Å²) in [5.74, 6) is 0.716. The van der Waals surface area contributed by atoms with Gasteiger partial charge < -0.3 is 9.47 Å². The summed E-state index contributed by atoms with van der Waals surface area (Å²) < 4.78 is 10.2. The molecule has 0 aromatic carbocycles. The number of ether oxygens (including phenoxy) is 2. The van der Waals surface area contributed by atoms with Crippen LogP contribution in [-0.2, 0) is 9.47 Å². The fourth-order valence-corrected chi connectivity index (χ4v) is 1.06. The minimum absolute atomic E-state index is 0.431. The van der Waals surface area contributed by atoms with Gasteiger partial charge in [-0.1, -0.05) is 13.5 Å². The van der Waals surface area contributed by atoms with Crippen molar-refractivity contribution >= 4 is 0 Å². The van der Waals surface area contributed by atoms with Gasteiger partial charge in [0, 0.05) is 12.3 Å². The quantitative estimate of drug-likeness (QED) is 0.438. The molecule has 1 saturated heterocycles. The van der Waals surface area contributed by atoms with E-state index in [1.54, 1.807) is 0 Å². The lowest BCUT2D eigenvalue weighted by molar-refractivity contribution is -0.114. The highest BCUT2D eigenvalue weighted by Gasteiger charge is 2.26. The van der Waals surface area contributed by atoms with Crippen LogP contribution >= 0.6 is 0 Å². The van der Waals surface area contributed by atoms with Gasteiger partial charge in [-0.15, -0.1) is 0 Å². The van der Waals surface area contributed by atoms with Crippen molar-refractivity contribution in [1.29, 1.82) is 0 Å². The normalized spacial score (nSPS) is 30.9. The number of hydrogen-bond donors (Lipinski definition) is 0. The third-order valence-electron chi connectivity index (χ3n) is 1.85. The topological polar surface area (TPSA) is 18.5 Å². The van der Waals surface area contributed by atoms with Crippen LogP contribution < -0.4 is 0 Å². The molecule has 58 valence electrons. The van der Waals surface area contributed by atoms with E-state index in [9.17, 15) is 0 Å². The lowest BCUT2D eigenvalue weighted by Gasteiger charge is -2.33. The molecule has 0 aromatic rings. The van der Waals surface area contributed by atoms with E-state index in [2.05, 4.69) is 13.5 Å². The Bertz CT molecular complexity index is 112. The van der Waals surface area contributed by atoms with Crippen LogP contribution in [0.15, 0.2) is 12.8 Å². The zero-order valence-electron chi connectivity index (χ0n) is 6.38. The van der Waals surface area contributed by atoms with Gasteiger partial charge in [-0.05, 0) is 0 Å². The molecular weight excluding hydrogens is 128 g/mol. The standard InChI is InChI=1S/C8H14O2/c1-3-9-5-4-8-7(2)6-10-8/h3,7-8H,1,4-6H2,2H3. The van der Waals surface area contributed by atoms with E-state index in [-0.39, 0.29) is 0 Å². The smallest absolute Gasteiger partial charge is 0.0897 e. The molecule has 0 saturated carbocycles. The van der Waals surface area contributed by atoms with Gasteiger partial charge in [0.15, 0.2) is 0 Å². The molecule has 0 radical (unpaired) electrons. The van der Waals surface area contributed by atoms with Crippen LogP contribution in [0.2, 0.25) is 0 Å². The van der Waals surface area contributed by atoms with Crippen molar-refractivity contribution in [3.8, 4) is 0 Å². The first-order chi connectivity index (χ1) is 4.84. The van der Waals surface area contributed by atoms with E-state index in [1.807, 2.05) is 0 Å². The second kappa shape index (κ2) is 3.62. The molecule has 0 aromatic heterocycles. The van der Waals surface area contributed by atoms with Crippen LogP contribution in [0.5, 0.6) is 0 Å². The van der Waals surface area contributed by atoms with Crippen molar-refractivity contribution in [2.24, 2.45) is 5.92 Å². The van der Waals surface area contributed by atoms with Crippen LogP contribution in [0, 0.1) is 5.92 Å². The summed E-state index contributed by atoms with van der Waals surface area (Å²) in [4.78, 5) is 0. The molecular formula is C8H14O2. The van der Waals surface area contributed by atoms with E-state index in [1.165, 1.54) is 6.26 Å². The molecule has 0 N–H and O–H groups in total. The van der Waals surface area contributed by atoms with Crippen molar-refractivity contribution in [3.05, 3.63) is 12.8 Å². The summed E-state index contributed by atoms with van der Waals surface area (Å²) in [6.45, 7) is 7.30. The summed E-state index contributed by atoms with van der Waals surface area (Å²) in [7, 11) is 0. The molecule has 10 heavy (non-hydrogen) atoms. The monoisotopic (exact) mass is 142 g/mol. The maximum Gasteiger partial charge on any atom is 0.0897 e. The molecule has 2 heteroatoms. The second-order valence-corrected chi connectivity index (χ2v) is 2.68.